The fraction of sp³-hybridized carbons (Fsp3) is 0.714. The van der Waals surface area contributed by atoms with Gasteiger partial charge in [-0.25, -0.2) is 0 Å². The molecular weight excluding hydrogens is 211 g/mol. The van der Waals surface area contributed by atoms with Gasteiger partial charge in [-0.15, -0.1) is 0 Å². The van der Waals surface area contributed by atoms with Gasteiger partial charge in [-0.3, -0.25) is 0 Å². The minimum atomic E-state index is -0.292. The van der Waals surface area contributed by atoms with Crippen LogP contribution >= 0.6 is 0 Å². The molecule has 1 aliphatic carbocycles. The largest absolute Gasteiger partial charge is 0.493 e. The van der Waals surface area contributed by atoms with Crippen molar-refractivity contribution >= 4 is 7.12 Å². The van der Waals surface area contributed by atoms with E-state index < -0.39 is 0 Å². The molecule has 1 rings (SSSR count). The highest BCUT2D eigenvalue weighted by Gasteiger charge is 2.27. The van der Waals surface area contributed by atoms with Crippen LogP contribution in [-0.4, -0.2) is 19.3 Å². The molecule has 0 unspecified atom stereocenters. The Morgan fingerprint density at radius 2 is 1.76 bits per heavy atom. The van der Waals surface area contributed by atoms with E-state index in [1.54, 1.807) is 0 Å². The van der Waals surface area contributed by atoms with Gasteiger partial charge < -0.3 is 9.31 Å². The molecule has 3 heteroatoms. The van der Waals surface area contributed by atoms with Crippen LogP contribution in [0.3, 0.4) is 0 Å². The van der Waals surface area contributed by atoms with Gasteiger partial charge in [0, 0.05) is 12.2 Å². The van der Waals surface area contributed by atoms with Crippen molar-refractivity contribution in [2.45, 2.75) is 65.6 Å². The highest BCUT2D eigenvalue weighted by molar-refractivity contribution is 6.55. The summed E-state index contributed by atoms with van der Waals surface area (Å²) >= 11 is 0. The number of allylic oxidation sites excluding steroid dienone is 3. The summed E-state index contributed by atoms with van der Waals surface area (Å²) in [4.78, 5) is 0. The zero-order chi connectivity index (χ0) is 12.8. The van der Waals surface area contributed by atoms with E-state index in [4.69, 9.17) is 9.31 Å². The molecule has 0 atom stereocenters. The molecule has 0 N–H and O–H groups in total. The fourth-order valence-electron chi connectivity index (χ4n) is 1.97. The summed E-state index contributed by atoms with van der Waals surface area (Å²) in [6.45, 7) is 12.3. The van der Waals surface area contributed by atoms with Crippen LogP contribution in [0.5, 0.6) is 0 Å². The Labute approximate surface area is 106 Å². The Balaban J connectivity index is 2.67. The molecule has 0 aromatic carbocycles. The second-order valence-electron chi connectivity index (χ2n) is 5.20. The van der Waals surface area contributed by atoms with Crippen molar-refractivity contribution in [1.82, 2.24) is 0 Å². The minimum absolute atomic E-state index is 0.152. The lowest BCUT2D eigenvalue weighted by Gasteiger charge is -2.24. The first-order valence-electron chi connectivity index (χ1n) is 6.69. The summed E-state index contributed by atoms with van der Waals surface area (Å²) in [6.07, 6.45) is 7.40. The molecule has 0 radical (unpaired) electrons. The van der Waals surface area contributed by atoms with Gasteiger partial charge in [-0.2, -0.15) is 0 Å². The van der Waals surface area contributed by atoms with Gasteiger partial charge >= 0.3 is 7.12 Å². The van der Waals surface area contributed by atoms with Crippen molar-refractivity contribution in [2.24, 2.45) is 0 Å². The van der Waals surface area contributed by atoms with Gasteiger partial charge in [-0.05, 0) is 58.9 Å². The van der Waals surface area contributed by atoms with Crippen molar-refractivity contribution in [3.05, 3.63) is 23.7 Å². The molecule has 0 aromatic heterocycles. The van der Waals surface area contributed by atoms with E-state index in [0.29, 0.717) is 0 Å². The minimum Gasteiger partial charge on any atom is -0.405 e. The van der Waals surface area contributed by atoms with Crippen LogP contribution in [0.1, 0.15) is 53.4 Å². The molecule has 0 heterocycles. The van der Waals surface area contributed by atoms with Crippen molar-refractivity contribution < 1.29 is 9.31 Å². The van der Waals surface area contributed by atoms with Crippen LogP contribution in [0.25, 0.3) is 0 Å². The Morgan fingerprint density at radius 3 is 2.18 bits per heavy atom. The molecule has 0 bridgehead atoms. The normalized spacial score (nSPS) is 16.2. The Kier molecular flexibility index (Phi) is 6.00. The van der Waals surface area contributed by atoms with Gasteiger partial charge in [-0.1, -0.05) is 18.2 Å². The van der Waals surface area contributed by atoms with Crippen LogP contribution in [0.2, 0.25) is 0 Å². The van der Waals surface area contributed by atoms with Crippen molar-refractivity contribution in [3.63, 3.8) is 0 Å². The van der Waals surface area contributed by atoms with Crippen LogP contribution in [0, 0.1) is 0 Å². The van der Waals surface area contributed by atoms with E-state index in [2.05, 4.69) is 12.7 Å². The lowest BCUT2D eigenvalue weighted by molar-refractivity contribution is 0.136. The van der Waals surface area contributed by atoms with Crippen molar-refractivity contribution in [2.75, 3.05) is 0 Å². The SMILES string of the molecule is C=C(B(OC(C)C)OC(C)C)C1=CCCCC1. The maximum absolute atomic E-state index is 5.81. The summed E-state index contributed by atoms with van der Waals surface area (Å²) in [5, 5.41) is 0. The molecule has 0 spiro atoms. The average Bonchev–Trinajstić information content (AvgIpc) is 2.27. The third kappa shape index (κ3) is 5.09. The Bertz CT molecular complexity index is 272. The predicted octanol–water partition coefficient (Wildman–Crippen LogP) is 3.92. The van der Waals surface area contributed by atoms with Gasteiger partial charge in [0.05, 0.1) is 0 Å². The zero-order valence-electron chi connectivity index (χ0n) is 11.7. The van der Waals surface area contributed by atoms with E-state index in [-0.39, 0.29) is 19.3 Å². The molecule has 0 aromatic rings. The smallest absolute Gasteiger partial charge is 0.405 e. The molecule has 0 saturated heterocycles. The molecule has 96 valence electrons. The van der Waals surface area contributed by atoms with E-state index in [9.17, 15) is 0 Å². The van der Waals surface area contributed by atoms with E-state index in [1.165, 1.54) is 18.4 Å². The first kappa shape index (κ1) is 14.5. The second kappa shape index (κ2) is 7.02. The van der Waals surface area contributed by atoms with Gasteiger partial charge in [0.2, 0.25) is 0 Å². The molecule has 0 saturated carbocycles. The standard InChI is InChI=1S/C14H25BO2/c1-11(2)16-15(17-12(3)4)13(5)14-9-7-6-8-10-14/h9,11-12H,5-8,10H2,1-4H3. The monoisotopic (exact) mass is 236 g/mol. The van der Waals surface area contributed by atoms with Crippen molar-refractivity contribution in [1.29, 1.82) is 0 Å². The molecule has 0 fully saturated rings. The molecule has 0 aliphatic heterocycles. The van der Waals surface area contributed by atoms with Gasteiger partial charge in [0.15, 0.2) is 0 Å². The zero-order valence-corrected chi connectivity index (χ0v) is 11.7. The summed E-state index contributed by atoms with van der Waals surface area (Å²) in [7, 11) is -0.292. The lowest BCUT2D eigenvalue weighted by Crippen LogP contribution is -2.32. The second-order valence-corrected chi connectivity index (χ2v) is 5.20. The van der Waals surface area contributed by atoms with Crippen LogP contribution < -0.4 is 0 Å². The number of hydrogen-bond acceptors (Lipinski definition) is 2. The molecule has 0 amide bonds. The van der Waals surface area contributed by atoms with Gasteiger partial charge in [0.25, 0.3) is 0 Å². The summed E-state index contributed by atoms with van der Waals surface area (Å²) < 4.78 is 11.6. The quantitative estimate of drug-likeness (QED) is 0.650. The van der Waals surface area contributed by atoms with Gasteiger partial charge in [0.1, 0.15) is 0 Å². The first-order chi connectivity index (χ1) is 8.00. The molecule has 1 aliphatic rings. The first-order valence-corrected chi connectivity index (χ1v) is 6.69. The highest BCUT2D eigenvalue weighted by atomic mass is 16.6. The third-order valence-electron chi connectivity index (χ3n) is 2.78. The summed E-state index contributed by atoms with van der Waals surface area (Å²) in [5.41, 5.74) is 2.33. The maximum Gasteiger partial charge on any atom is 0.493 e. The average molecular weight is 236 g/mol. The summed E-state index contributed by atoms with van der Waals surface area (Å²) in [5.74, 6) is 0. The van der Waals surface area contributed by atoms with E-state index in [0.717, 1.165) is 18.3 Å². The summed E-state index contributed by atoms with van der Waals surface area (Å²) in [6, 6.07) is 0. The topological polar surface area (TPSA) is 18.5 Å². The molecule has 17 heavy (non-hydrogen) atoms. The fourth-order valence-corrected chi connectivity index (χ4v) is 1.97. The van der Waals surface area contributed by atoms with Crippen molar-refractivity contribution in [3.8, 4) is 0 Å². The lowest BCUT2D eigenvalue weighted by atomic mass is 9.71. The maximum atomic E-state index is 5.81. The van der Waals surface area contributed by atoms with Crippen LogP contribution in [0.15, 0.2) is 23.7 Å². The Hall–Kier alpha value is -0.535. The van der Waals surface area contributed by atoms with Crippen LogP contribution in [-0.2, 0) is 9.31 Å². The predicted molar refractivity (Wildman–Crippen MR) is 73.9 cm³/mol. The van der Waals surface area contributed by atoms with E-state index in [1.807, 2.05) is 27.7 Å². The molecular formula is C14H25BO2. The molecule has 2 nitrogen and oxygen atoms in total. The number of hydrogen-bond donors (Lipinski definition) is 0. The van der Waals surface area contributed by atoms with E-state index >= 15 is 0 Å². The number of rotatable bonds is 6. The Morgan fingerprint density at radius 1 is 1.18 bits per heavy atom. The third-order valence-corrected chi connectivity index (χ3v) is 2.78. The van der Waals surface area contributed by atoms with Crippen LogP contribution in [0.4, 0.5) is 0 Å². The highest BCUT2D eigenvalue weighted by Crippen LogP contribution is 2.25.